The standard InChI is InChI=1S/C15H16O5/c1-19-13-4-2-10(3-5-13)9-20-15(18)7-11-6-12(16)8-14(11)17/h2-6,12,16H,7-9H2,1H3/t12-/m0/s1. The molecule has 0 heterocycles. The highest BCUT2D eigenvalue weighted by atomic mass is 16.5. The number of carbonyl (C=O) groups is 2. The fraction of sp³-hybridized carbons (Fsp3) is 0.333. The number of carbonyl (C=O) groups excluding carboxylic acids is 2. The molecule has 0 aliphatic heterocycles. The maximum Gasteiger partial charge on any atom is 0.310 e. The van der Waals surface area contributed by atoms with Gasteiger partial charge in [-0.25, -0.2) is 0 Å². The van der Waals surface area contributed by atoms with Gasteiger partial charge in [-0.2, -0.15) is 0 Å². The average Bonchev–Trinajstić information content (AvgIpc) is 2.75. The molecule has 0 saturated carbocycles. The Hall–Kier alpha value is -2.14. The van der Waals surface area contributed by atoms with Crippen molar-refractivity contribution >= 4 is 11.8 Å². The summed E-state index contributed by atoms with van der Waals surface area (Å²) in [5.74, 6) is 0.0594. The highest BCUT2D eigenvalue weighted by Crippen LogP contribution is 2.19. The van der Waals surface area contributed by atoms with E-state index in [1.54, 1.807) is 31.4 Å². The number of ether oxygens (including phenoxy) is 2. The molecule has 1 aromatic carbocycles. The first-order chi connectivity index (χ1) is 9.58. The normalized spacial score (nSPS) is 17.8. The number of aliphatic hydroxyl groups is 1. The van der Waals surface area contributed by atoms with Gasteiger partial charge in [0.05, 0.1) is 19.6 Å². The monoisotopic (exact) mass is 276 g/mol. The minimum Gasteiger partial charge on any atom is -0.497 e. The van der Waals surface area contributed by atoms with Crippen LogP contribution in [0.25, 0.3) is 0 Å². The van der Waals surface area contributed by atoms with Crippen molar-refractivity contribution in [2.45, 2.75) is 25.6 Å². The number of benzene rings is 1. The largest absolute Gasteiger partial charge is 0.497 e. The predicted molar refractivity (Wildman–Crippen MR) is 71.1 cm³/mol. The number of aliphatic hydroxyl groups excluding tert-OH is 1. The molecular weight excluding hydrogens is 260 g/mol. The van der Waals surface area contributed by atoms with Crippen molar-refractivity contribution in [2.75, 3.05) is 7.11 Å². The van der Waals surface area contributed by atoms with Gasteiger partial charge in [0.25, 0.3) is 0 Å². The molecule has 1 aliphatic carbocycles. The minimum absolute atomic E-state index is 0.0566. The van der Waals surface area contributed by atoms with Gasteiger partial charge in [0.1, 0.15) is 12.4 Å². The summed E-state index contributed by atoms with van der Waals surface area (Å²) in [5, 5.41) is 9.28. The molecule has 5 nitrogen and oxygen atoms in total. The van der Waals surface area contributed by atoms with Crippen LogP contribution >= 0.6 is 0 Å². The minimum atomic E-state index is -0.771. The number of Topliss-reactive ketones (excluding diaryl/α,β-unsaturated/α-hetero) is 1. The third kappa shape index (κ3) is 3.68. The first-order valence-electron chi connectivity index (χ1n) is 6.29. The number of esters is 1. The zero-order chi connectivity index (χ0) is 14.5. The van der Waals surface area contributed by atoms with E-state index >= 15 is 0 Å². The van der Waals surface area contributed by atoms with Crippen LogP contribution in [0.5, 0.6) is 5.75 Å². The van der Waals surface area contributed by atoms with Gasteiger partial charge < -0.3 is 14.6 Å². The molecule has 1 aromatic rings. The molecule has 0 amide bonds. The summed E-state index contributed by atoms with van der Waals surface area (Å²) in [7, 11) is 1.58. The Bertz CT molecular complexity index is 530. The molecule has 1 atom stereocenters. The van der Waals surface area contributed by atoms with Gasteiger partial charge in [-0.3, -0.25) is 9.59 Å². The summed E-state index contributed by atoms with van der Waals surface area (Å²) in [5.41, 5.74) is 1.17. The average molecular weight is 276 g/mol. The summed E-state index contributed by atoms with van der Waals surface area (Å²) in [6.45, 7) is 0.146. The van der Waals surface area contributed by atoms with Gasteiger partial charge >= 0.3 is 5.97 Å². The van der Waals surface area contributed by atoms with Crippen LogP contribution in [0.2, 0.25) is 0 Å². The lowest BCUT2D eigenvalue weighted by Gasteiger charge is -2.06. The second kappa shape index (κ2) is 6.34. The summed E-state index contributed by atoms with van der Waals surface area (Å²) in [6, 6.07) is 7.16. The molecule has 1 aliphatic rings. The zero-order valence-corrected chi connectivity index (χ0v) is 11.2. The Kier molecular flexibility index (Phi) is 4.53. The predicted octanol–water partition coefficient (Wildman–Crippen LogP) is 1.39. The van der Waals surface area contributed by atoms with Crippen molar-refractivity contribution in [3.05, 3.63) is 41.5 Å². The van der Waals surface area contributed by atoms with E-state index in [-0.39, 0.29) is 25.2 Å². The number of methoxy groups -OCH3 is 1. The van der Waals surface area contributed by atoms with Crippen LogP contribution in [-0.4, -0.2) is 30.1 Å². The van der Waals surface area contributed by atoms with Crippen molar-refractivity contribution in [3.63, 3.8) is 0 Å². The number of hydrogen-bond donors (Lipinski definition) is 1. The second-order valence-electron chi connectivity index (χ2n) is 4.57. The summed E-state index contributed by atoms with van der Waals surface area (Å²) in [6.07, 6.45) is 0.608. The lowest BCUT2D eigenvalue weighted by molar-refractivity contribution is -0.144. The Morgan fingerprint density at radius 1 is 1.35 bits per heavy atom. The Morgan fingerprint density at radius 2 is 2.05 bits per heavy atom. The Morgan fingerprint density at radius 3 is 2.60 bits per heavy atom. The fourth-order valence-corrected chi connectivity index (χ4v) is 1.95. The summed E-state index contributed by atoms with van der Waals surface area (Å²) in [4.78, 5) is 23.0. The van der Waals surface area contributed by atoms with Gasteiger partial charge in [0, 0.05) is 12.0 Å². The van der Waals surface area contributed by atoms with Crippen molar-refractivity contribution < 1.29 is 24.2 Å². The van der Waals surface area contributed by atoms with Crippen molar-refractivity contribution in [1.82, 2.24) is 0 Å². The maximum absolute atomic E-state index is 11.6. The van der Waals surface area contributed by atoms with Crippen LogP contribution in [0.15, 0.2) is 35.9 Å². The van der Waals surface area contributed by atoms with Gasteiger partial charge in [-0.15, -0.1) is 0 Å². The molecule has 106 valence electrons. The SMILES string of the molecule is COc1ccc(COC(=O)CC2=C[C@H](O)CC2=O)cc1. The maximum atomic E-state index is 11.6. The molecule has 0 bridgehead atoms. The smallest absolute Gasteiger partial charge is 0.310 e. The number of ketones is 1. The van der Waals surface area contributed by atoms with E-state index in [0.29, 0.717) is 5.57 Å². The molecule has 5 heteroatoms. The molecule has 0 saturated heterocycles. The summed E-state index contributed by atoms with van der Waals surface area (Å²) >= 11 is 0. The lowest BCUT2D eigenvalue weighted by atomic mass is 10.1. The van der Waals surface area contributed by atoms with E-state index < -0.39 is 12.1 Å². The van der Waals surface area contributed by atoms with Gasteiger partial charge in [0.2, 0.25) is 0 Å². The lowest BCUT2D eigenvalue weighted by Crippen LogP contribution is -2.08. The number of rotatable bonds is 5. The first kappa shape index (κ1) is 14.3. The fourth-order valence-electron chi connectivity index (χ4n) is 1.95. The molecule has 2 rings (SSSR count). The van der Waals surface area contributed by atoms with Crippen LogP contribution in [0, 0.1) is 0 Å². The zero-order valence-electron chi connectivity index (χ0n) is 11.2. The van der Waals surface area contributed by atoms with Gasteiger partial charge in [-0.1, -0.05) is 12.1 Å². The second-order valence-corrected chi connectivity index (χ2v) is 4.57. The van der Waals surface area contributed by atoms with E-state index in [1.807, 2.05) is 0 Å². The van der Waals surface area contributed by atoms with Crippen molar-refractivity contribution in [1.29, 1.82) is 0 Å². The van der Waals surface area contributed by atoms with E-state index in [1.165, 1.54) is 6.08 Å². The third-order valence-electron chi connectivity index (χ3n) is 3.04. The van der Waals surface area contributed by atoms with Crippen LogP contribution < -0.4 is 4.74 Å². The van der Waals surface area contributed by atoms with E-state index in [0.717, 1.165) is 11.3 Å². The topological polar surface area (TPSA) is 72.8 Å². The molecule has 0 radical (unpaired) electrons. The number of hydrogen-bond acceptors (Lipinski definition) is 5. The third-order valence-corrected chi connectivity index (χ3v) is 3.04. The van der Waals surface area contributed by atoms with E-state index in [9.17, 15) is 14.7 Å². The molecule has 0 spiro atoms. The highest BCUT2D eigenvalue weighted by Gasteiger charge is 2.24. The van der Waals surface area contributed by atoms with E-state index in [4.69, 9.17) is 9.47 Å². The van der Waals surface area contributed by atoms with Crippen LogP contribution in [0.3, 0.4) is 0 Å². The Balaban J connectivity index is 1.83. The Labute approximate surface area is 116 Å². The molecule has 1 N–H and O–H groups in total. The van der Waals surface area contributed by atoms with Crippen molar-refractivity contribution in [2.24, 2.45) is 0 Å². The molecular formula is C15H16O5. The molecule has 20 heavy (non-hydrogen) atoms. The van der Waals surface area contributed by atoms with Gasteiger partial charge in [0.15, 0.2) is 5.78 Å². The van der Waals surface area contributed by atoms with Crippen LogP contribution in [-0.2, 0) is 20.9 Å². The highest BCUT2D eigenvalue weighted by molar-refractivity contribution is 6.01. The van der Waals surface area contributed by atoms with Gasteiger partial charge in [-0.05, 0) is 23.8 Å². The quantitative estimate of drug-likeness (QED) is 0.823. The van der Waals surface area contributed by atoms with Crippen LogP contribution in [0.1, 0.15) is 18.4 Å². The summed E-state index contributed by atoms with van der Waals surface area (Å²) < 4.78 is 10.1. The molecule has 0 aromatic heterocycles. The molecule has 0 unspecified atom stereocenters. The molecule has 0 fully saturated rings. The van der Waals surface area contributed by atoms with E-state index in [2.05, 4.69) is 0 Å². The van der Waals surface area contributed by atoms with Crippen LogP contribution in [0.4, 0.5) is 0 Å². The van der Waals surface area contributed by atoms with Crippen molar-refractivity contribution in [3.8, 4) is 5.75 Å². The first-order valence-corrected chi connectivity index (χ1v) is 6.29.